The third-order valence-corrected chi connectivity index (χ3v) is 5.00. The molecule has 1 aromatic heterocycles. The molecule has 0 spiro atoms. The van der Waals surface area contributed by atoms with Gasteiger partial charge in [0, 0.05) is 16.5 Å². The number of sulfonamides is 1. The topological polar surface area (TPSA) is 59.1 Å². The lowest BCUT2D eigenvalue weighted by molar-refractivity contribution is 0.601. The van der Waals surface area contributed by atoms with Gasteiger partial charge in [-0.1, -0.05) is 17.7 Å². The summed E-state index contributed by atoms with van der Waals surface area (Å²) in [5, 5.41) is 2.82. The van der Waals surface area contributed by atoms with Crippen molar-refractivity contribution in [1.82, 2.24) is 4.37 Å². The van der Waals surface area contributed by atoms with Crippen LogP contribution in [0.5, 0.6) is 0 Å². The predicted molar refractivity (Wildman–Crippen MR) is 81.6 cm³/mol. The Morgan fingerprint density at radius 1 is 1.10 bits per heavy atom. The van der Waals surface area contributed by atoms with Crippen molar-refractivity contribution in [3.05, 3.63) is 53.4 Å². The summed E-state index contributed by atoms with van der Waals surface area (Å²) in [6.07, 6.45) is 0. The van der Waals surface area contributed by atoms with E-state index in [4.69, 9.17) is 0 Å². The molecule has 0 radical (unpaired) electrons. The van der Waals surface area contributed by atoms with Gasteiger partial charge in [0.1, 0.15) is 0 Å². The van der Waals surface area contributed by atoms with E-state index in [-0.39, 0.29) is 4.90 Å². The Kier molecular flexibility index (Phi) is 3.19. The second-order valence-electron chi connectivity index (χ2n) is 4.51. The number of fused-ring (bicyclic) bond motifs is 1. The van der Waals surface area contributed by atoms with Crippen LogP contribution in [0.3, 0.4) is 0 Å². The van der Waals surface area contributed by atoms with E-state index in [0.29, 0.717) is 5.69 Å². The Labute approximate surface area is 121 Å². The summed E-state index contributed by atoms with van der Waals surface area (Å²) in [7, 11) is -3.55. The highest BCUT2D eigenvalue weighted by Gasteiger charge is 2.14. The highest BCUT2D eigenvalue weighted by atomic mass is 32.2. The van der Waals surface area contributed by atoms with Crippen molar-refractivity contribution < 1.29 is 8.42 Å². The van der Waals surface area contributed by atoms with Crippen LogP contribution < -0.4 is 4.72 Å². The molecule has 4 nitrogen and oxygen atoms in total. The standard InChI is InChI=1S/C14H12N2O2S2/c1-10-2-5-13(6-3-10)20(17,18)16-12-4-7-14-11(8-12)9-19-15-14/h2-9,16H,1H3. The van der Waals surface area contributed by atoms with E-state index < -0.39 is 10.0 Å². The van der Waals surface area contributed by atoms with E-state index in [1.54, 1.807) is 42.5 Å². The van der Waals surface area contributed by atoms with Gasteiger partial charge in [-0.05, 0) is 48.8 Å². The number of rotatable bonds is 3. The highest BCUT2D eigenvalue weighted by molar-refractivity contribution is 7.92. The van der Waals surface area contributed by atoms with Gasteiger partial charge in [0.15, 0.2) is 0 Å². The molecule has 2 aromatic carbocycles. The van der Waals surface area contributed by atoms with Crippen molar-refractivity contribution in [3.63, 3.8) is 0 Å². The maximum Gasteiger partial charge on any atom is 0.261 e. The first-order chi connectivity index (χ1) is 9.54. The minimum absolute atomic E-state index is 0.256. The molecule has 0 aliphatic heterocycles. The lowest BCUT2D eigenvalue weighted by Gasteiger charge is -2.08. The summed E-state index contributed by atoms with van der Waals surface area (Å²) < 4.78 is 31.3. The Hall–Kier alpha value is -1.92. The molecular formula is C14H12N2O2S2. The fourth-order valence-corrected chi connectivity index (χ4v) is 3.55. The molecule has 20 heavy (non-hydrogen) atoms. The quantitative estimate of drug-likeness (QED) is 0.806. The molecule has 6 heteroatoms. The summed E-state index contributed by atoms with van der Waals surface area (Å²) in [4.78, 5) is 0.256. The number of aromatic nitrogens is 1. The molecule has 0 bridgehead atoms. The van der Waals surface area contributed by atoms with Gasteiger partial charge in [-0.3, -0.25) is 4.72 Å². The van der Waals surface area contributed by atoms with Crippen LogP contribution in [0.1, 0.15) is 5.56 Å². The van der Waals surface area contributed by atoms with Gasteiger partial charge in [0.05, 0.1) is 10.4 Å². The largest absolute Gasteiger partial charge is 0.280 e. The van der Waals surface area contributed by atoms with Crippen LogP contribution in [0, 0.1) is 6.92 Å². The van der Waals surface area contributed by atoms with Crippen molar-refractivity contribution >= 4 is 38.1 Å². The van der Waals surface area contributed by atoms with E-state index in [9.17, 15) is 8.42 Å². The van der Waals surface area contributed by atoms with Crippen LogP contribution in [-0.2, 0) is 10.0 Å². The van der Waals surface area contributed by atoms with E-state index in [1.165, 1.54) is 11.5 Å². The second kappa shape index (κ2) is 4.88. The zero-order valence-electron chi connectivity index (χ0n) is 10.7. The van der Waals surface area contributed by atoms with Crippen molar-refractivity contribution in [2.75, 3.05) is 4.72 Å². The Morgan fingerprint density at radius 2 is 1.85 bits per heavy atom. The predicted octanol–water partition coefficient (Wildman–Crippen LogP) is 3.41. The molecule has 0 unspecified atom stereocenters. The van der Waals surface area contributed by atoms with Crippen LogP contribution >= 0.6 is 11.5 Å². The summed E-state index contributed by atoms with van der Waals surface area (Å²) >= 11 is 1.35. The van der Waals surface area contributed by atoms with Gasteiger partial charge in [-0.15, -0.1) is 0 Å². The first-order valence-electron chi connectivity index (χ1n) is 5.98. The number of anilines is 1. The molecule has 0 fully saturated rings. The number of nitrogens with one attached hydrogen (secondary N) is 1. The van der Waals surface area contributed by atoms with Crippen molar-refractivity contribution in [2.45, 2.75) is 11.8 Å². The van der Waals surface area contributed by atoms with Gasteiger partial charge in [0.25, 0.3) is 10.0 Å². The molecule has 1 N–H and O–H groups in total. The minimum atomic E-state index is -3.55. The molecule has 3 aromatic rings. The SMILES string of the molecule is Cc1ccc(S(=O)(=O)Nc2ccc3nscc3c2)cc1. The highest BCUT2D eigenvalue weighted by Crippen LogP contribution is 2.22. The zero-order chi connectivity index (χ0) is 14.2. The first-order valence-corrected chi connectivity index (χ1v) is 8.30. The Morgan fingerprint density at radius 3 is 2.60 bits per heavy atom. The Bertz CT molecular complexity index is 852. The van der Waals surface area contributed by atoms with Gasteiger partial charge >= 0.3 is 0 Å². The fourth-order valence-electron chi connectivity index (χ4n) is 1.87. The maximum absolute atomic E-state index is 12.3. The Balaban J connectivity index is 1.94. The molecular weight excluding hydrogens is 292 g/mol. The van der Waals surface area contributed by atoms with Gasteiger partial charge in [0.2, 0.25) is 0 Å². The molecule has 0 saturated carbocycles. The lowest BCUT2D eigenvalue weighted by Crippen LogP contribution is -2.12. The molecule has 0 atom stereocenters. The van der Waals surface area contributed by atoms with E-state index in [1.807, 2.05) is 12.3 Å². The second-order valence-corrected chi connectivity index (χ2v) is 6.82. The molecule has 0 amide bonds. The summed E-state index contributed by atoms with van der Waals surface area (Å²) in [5.41, 5.74) is 2.43. The summed E-state index contributed by atoms with van der Waals surface area (Å²) in [5.74, 6) is 0. The van der Waals surface area contributed by atoms with Crippen molar-refractivity contribution in [1.29, 1.82) is 0 Å². The zero-order valence-corrected chi connectivity index (χ0v) is 12.3. The number of benzene rings is 2. The molecule has 3 rings (SSSR count). The number of aryl methyl sites for hydroxylation is 1. The third-order valence-electron chi connectivity index (χ3n) is 2.94. The average molecular weight is 304 g/mol. The number of hydrogen-bond donors (Lipinski definition) is 1. The lowest BCUT2D eigenvalue weighted by atomic mass is 10.2. The van der Waals surface area contributed by atoms with Crippen molar-refractivity contribution in [3.8, 4) is 0 Å². The third kappa shape index (κ3) is 2.52. The summed E-state index contributed by atoms with van der Waals surface area (Å²) in [6.45, 7) is 1.92. The molecule has 0 aliphatic carbocycles. The van der Waals surface area contributed by atoms with Crippen LogP contribution in [-0.4, -0.2) is 12.8 Å². The van der Waals surface area contributed by atoms with Crippen LogP contribution in [0.4, 0.5) is 5.69 Å². The van der Waals surface area contributed by atoms with Gasteiger partial charge < -0.3 is 0 Å². The monoisotopic (exact) mass is 304 g/mol. The van der Waals surface area contributed by atoms with Crippen LogP contribution in [0.25, 0.3) is 10.9 Å². The number of nitrogens with zero attached hydrogens (tertiary/aromatic N) is 1. The van der Waals surface area contributed by atoms with Crippen LogP contribution in [0.15, 0.2) is 52.7 Å². The molecule has 102 valence electrons. The fraction of sp³-hybridized carbons (Fsp3) is 0.0714. The van der Waals surface area contributed by atoms with Crippen LogP contribution in [0.2, 0.25) is 0 Å². The smallest absolute Gasteiger partial charge is 0.261 e. The van der Waals surface area contributed by atoms with E-state index >= 15 is 0 Å². The van der Waals surface area contributed by atoms with Gasteiger partial charge in [-0.25, -0.2) is 8.42 Å². The maximum atomic E-state index is 12.3. The molecule has 0 aliphatic rings. The minimum Gasteiger partial charge on any atom is -0.280 e. The van der Waals surface area contributed by atoms with Crippen molar-refractivity contribution in [2.24, 2.45) is 0 Å². The molecule has 1 heterocycles. The first kappa shape index (κ1) is 13.1. The summed E-state index contributed by atoms with van der Waals surface area (Å²) in [6, 6.07) is 12.1. The average Bonchev–Trinajstić information content (AvgIpc) is 2.86. The normalized spacial score (nSPS) is 11.7. The van der Waals surface area contributed by atoms with E-state index in [2.05, 4.69) is 9.10 Å². The molecule has 0 saturated heterocycles. The van der Waals surface area contributed by atoms with E-state index in [0.717, 1.165) is 16.5 Å². The number of hydrogen-bond acceptors (Lipinski definition) is 4. The van der Waals surface area contributed by atoms with Gasteiger partial charge in [-0.2, -0.15) is 4.37 Å².